The van der Waals surface area contributed by atoms with Gasteiger partial charge < -0.3 is 9.64 Å². The molecule has 0 spiro atoms. The van der Waals surface area contributed by atoms with Gasteiger partial charge in [-0.25, -0.2) is 0 Å². The Bertz CT molecular complexity index is 844. The Morgan fingerprint density at radius 2 is 2.26 bits per heavy atom. The summed E-state index contributed by atoms with van der Waals surface area (Å²) < 4.78 is 7.19. The molecule has 0 N–H and O–H groups in total. The lowest BCUT2D eigenvalue weighted by atomic mass is 10.0. The summed E-state index contributed by atoms with van der Waals surface area (Å²) in [4.78, 5) is 15.0. The Labute approximate surface area is 163 Å². The lowest BCUT2D eigenvalue weighted by Gasteiger charge is -2.27. The maximum absolute atomic E-state index is 13.0. The third kappa shape index (κ3) is 4.18. The first-order valence-electron chi connectivity index (χ1n) is 9.44. The number of carbonyl (C=O) groups is 1. The van der Waals surface area contributed by atoms with E-state index in [1.54, 1.807) is 13.4 Å². The van der Waals surface area contributed by atoms with Crippen LogP contribution in [-0.4, -0.2) is 44.5 Å². The lowest BCUT2D eigenvalue weighted by molar-refractivity contribution is -0.127. The number of hydrogen-bond donors (Lipinski definition) is 0. The summed E-state index contributed by atoms with van der Waals surface area (Å²) in [6.45, 7) is 0. The van der Waals surface area contributed by atoms with Crippen molar-refractivity contribution < 1.29 is 9.53 Å². The molecule has 0 atom stereocenters. The summed E-state index contributed by atoms with van der Waals surface area (Å²) in [6.07, 6.45) is 10.7. The molecule has 1 saturated carbocycles. The second-order valence-corrected chi connectivity index (χ2v) is 7.85. The number of benzene rings is 1. The number of rotatable bonds is 7. The van der Waals surface area contributed by atoms with Crippen LogP contribution in [0.15, 0.2) is 47.5 Å². The van der Waals surface area contributed by atoms with Gasteiger partial charge in [0.2, 0.25) is 5.91 Å². The van der Waals surface area contributed by atoms with E-state index in [4.69, 9.17) is 4.74 Å². The van der Waals surface area contributed by atoms with E-state index in [-0.39, 0.29) is 5.91 Å². The molecule has 0 bridgehead atoms. The monoisotopic (exact) mass is 384 g/mol. The van der Waals surface area contributed by atoms with Gasteiger partial charge >= 0.3 is 0 Å². The SMILES string of the molecule is COc1cccc(-n2cnnc2SCC(=O)N(C2=CCCCC2)C2CC2)c1. The highest BCUT2D eigenvalue weighted by atomic mass is 32.2. The van der Waals surface area contributed by atoms with E-state index in [2.05, 4.69) is 21.2 Å². The van der Waals surface area contributed by atoms with Gasteiger partial charge in [-0.3, -0.25) is 9.36 Å². The summed E-state index contributed by atoms with van der Waals surface area (Å²) in [5.41, 5.74) is 2.15. The zero-order chi connectivity index (χ0) is 18.6. The first kappa shape index (κ1) is 18.1. The quantitative estimate of drug-likeness (QED) is 0.679. The van der Waals surface area contributed by atoms with Gasteiger partial charge in [-0.05, 0) is 50.7 Å². The minimum absolute atomic E-state index is 0.177. The van der Waals surface area contributed by atoms with Gasteiger partial charge in [0.15, 0.2) is 5.16 Å². The van der Waals surface area contributed by atoms with E-state index in [9.17, 15) is 4.79 Å². The van der Waals surface area contributed by atoms with Crippen molar-refractivity contribution >= 4 is 17.7 Å². The van der Waals surface area contributed by atoms with E-state index >= 15 is 0 Å². The summed E-state index contributed by atoms with van der Waals surface area (Å²) >= 11 is 1.44. The third-order valence-electron chi connectivity index (χ3n) is 4.93. The normalized spacial score (nSPS) is 16.7. The number of nitrogens with zero attached hydrogens (tertiary/aromatic N) is 4. The van der Waals surface area contributed by atoms with Crippen molar-refractivity contribution in [3.63, 3.8) is 0 Å². The van der Waals surface area contributed by atoms with Crippen LogP contribution in [0.2, 0.25) is 0 Å². The molecule has 6 nitrogen and oxygen atoms in total. The van der Waals surface area contributed by atoms with Crippen LogP contribution in [0.5, 0.6) is 5.75 Å². The number of carbonyl (C=O) groups excluding carboxylic acids is 1. The molecule has 1 heterocycles. The fourth-order valence-electron chi connectivity index (χ4n) is 3.43. The number of aromatic nitrogens is 3. The standard InChI is InChI=1S/C20H24N4O2S/c1-26-18-9-5-8-17(12-18)23-14-21-22-20(23)27-13-19(25)24(16-10-11-16)15-6-3-2-4-7-15/h5-6,8-9,12,14,16H,2-4,7,10-11,13H2,1H3. The number of hydrogen-bond acceptors (Lipinski definition) is 5. The largest absolute Gasteiger partial charge is 0.497 e. The lowest BCUT2D eigenvalue weighted by Crippen LogP contribution is -2.34. The molecule has 0 saturated heterocycles. The van der Waals surface area contributed by atoms with Crippen molar-refractivity contribution in [1.29, 1.82) is 0 Å². The van der Waals surface area contributed by atoms with Crippen LogP contribution < -0.4 is 4.74 Å². The van der Waals surface area contributed by atoms with Gasteiger partial charge in [0.25, 0.3) is 0 Å². The number of allylic oxidation sites excluding steroid dienone is 2. The van der Waals surface area contributed by atoms with Gasteiger partial charge in [-0.1, -0.05) is 23.9 Å². The maximum Gasteiger partial charge on any atom is 0.237 e. The second-order valence-electron chi connectivity index (χ2n) is 6.91. The second kappa shape index (κ2) is 8.17. The van der Waals surface area contributed by atoms with Gasteiger partial charge in [0.1, 0.15) is 12.1 Å². The highest BCUT2D eigenvalue weighted by molar-refractivity contribution is 7.99. The Kier molecular flexibility index (Phi) is 5.48. The third-order valence-corrected chi connectivity index (χ3v) is 5.86. The minimum Gasteiger partial charge on any atom is -0.497 e. The zero-order valence-electron chi connectivity index (χ0n) is 15.5. The van der Waals surface area contributed by atoms with E-state index in [1.807, 2.05) is 28.8 Å². The van der Waals surface area contributed by atoms with Crippen LogP contribution in [0.3, 0.4) is 0 Å². The maximum atomic E-state index is 13.0. The average molecular weight is 385 g/mol. The van der Waals surface area contributed by atoms with Crippen LogP contribution >= 0.6 is 11.8 Å². The van der Waals surface area contributed by atoms with E-state index in [1.165, 1.54) is 30.3 Å². The number of ether oxygens (including phenoxy) is 1. The molecule has 2 aliphatic rings. The highest BCUT2D eigenvalue weighted by Gasteiger charge is 2.35. The summed E-state index contributed by atoms with van der Waals surface area (Å²) in [5.74, 6) is 1.32. The molecule has 7 heteroatoms. The van der Waals surface area contributed by atoms with Crippen molar-refractivity contribution in [1.82, 2.24) is 19.7 Å². The molecule has 2 aliphatic carbocycles. The molecule has 27 heavy (non-hydrogen) atoms. The Morgan fingerprint density at radius 1 is 1.37 bits per heavy atom. The smallest absolute Gasteiger partial charge is 0.237 e. The molecule has 4 rings (SSSR count). The molecule has 0 aliphatic heterocycles. The summed E-state index contributed by atoms with van der Waals surface area (Å²) in [6, 6.07) is 8.13. The number of methoxy groups -OCH3 is 1. The van der Waals surface area contributed by atoms with Crippen molar-refractivity contribution in [3.05, 3.63) is 42.4 Å². The van der Waals surface area contributed by atoms with Crippen molar-refractivity contribution in [2.75, 3.05) is 12.9 Å². The molecule has 2 aromatic rings. The molecule has 142 valence electrons. The number of thioether (sulfide) groups is 1. The highest BCUT2D eigenvalue weighted by Crippen LogP contribution is 2.34. The molecule has 0 unspecified atom stereocenters. The molecular formula is C20H24N4O2S. The Balaban J connectivity index is 1.46. The van der Waals surface area contributed by atoms with Crippen molar-refractivity contribution in [2.24, 2.45) is 0 Å². The molecule has 0 radical (unpaired) electrons. The Morgan fingerprint density at radius 3 is 3.00 bits per heavy atom. The van der Waals surface area contributed by atoms with Crippen LogP contribution in [-0.2, 0) is 4.79 Å². The van der Waals surface area contributed by atoms with Crippen LogP contribution in [0.4, 0.5) is 0 Å². The summed E-state index contributed by atoms with van der Waals surface area (Å²) in [5, 5.41) is 8.94. The van der Waals surface area contributed by atoms with Gasteiger partial charge in [0.05, 0.1) is 18.6 Å². The predicted octanol–water partition coefficient (Wildman–Crippen LogP) is 3.82. The molecule has 1 aromatic carbocycles. The number of amides is 1. The van der Waals surface area contributed by atoms with Crippen molar-refractivity contribution in [2.45, 2.75) is 49.7 Å². The average Bonchev–Trinajstić information content (AvgIpc) is 3.43. The fourth-order valence-corrected chi connectivity index (χ4v) is 4.22. The topological polar surface area (TPSA) is 60.2 Å². The molecule has 1 fully saturated rings. The first-order chi connectivity index (χ1) is 13.3. The van der Waals surface area contributed by atoms with E-state index in [0.29, 0.717) is 17.0 Å². The van der Waals surface area contributed by atoms with Crippen molar-refractivity contribution in [3.8, 4) is 11.4 Å². The molecule has 1 aromatic heterocycles. The van der Waals surface area contributed by atoms with Gasteiger partial charge in [-0.15, -0.1) is 10.2 Å². The molecule has 1 amide bonds. The van der Waals surface area contributed by atoms with Gasteiger partial charge in [0, 0.05) is 17.8 Å². The summed E-state index contributed by atoms with van der Waals surface area (Å²) in [7, 11) is 1.64. The zero-order valence-corrected chi connectivity index (χ0v) is 16.3. The van der Waals surface area contributed by atoms with E-state index < -0.39 is 0 Å². The fraction of sp³-hybridized carbons (Fsp3) is 0.450. The van der Waals surface area contributed by atoms with E-state index in [0.717, 1.165) is 37.1 Å². The van der Waals surface area contributed by atoms with Crippen LogP contribution in [0.25, 0.3) is 5.69 Å². The van der Waals surface area contributed by atoms with Crippen LogP contribution in [0.1, 0.15) is 38.5 Å². The first-order valence-corrected chi connectivity index (χ1v) is 10.4. The van der Waals surface area contributed by atoms with Gasteiger partial charge in [-0.2, -0.15) is 0 Å². The minimum atomic E-state index is 0.177. The predicted molar refractivity (Wildman–Crippen MR) is 105 cm³/mol. The Hall–Kier alpha value is -2.28. The molecular weight excluding hydrogens is 360 g/mol. The van der Waals surface area contributed by atoms with Crippen LogP contribution in [0, 0.1) is 0 Å².